The van der Waals surface area contributed by atoms with Crippen LogP contribution < -0.4 is 10.6 Å². The first kappa shape index (κ1) is 14.1. The average molecular weight is 273 g/mol. The number of hydrogen-bond acceptors (Lipinski definition) is 3. The number of anilines is 1. The molecule has 19 heavy (non-hydrogen) atoms. The predicted octanol–water partition coefficient (Wildman–Crippen LogP) is 2.90. The van der Waals surface area contributed by atoms with Crippen molar-refractivity contribution in [2.45, 2.75) is 32.0 Å². The van der Waals surface area contributed by atoms with E-state index in [0.29, 0.717) is 24.3 Å². The summed E-state index contributed by atoms with van der Waals surface area (Å²) in [6.45, 7) is 3.88. The van der Waals surface area contributed by atoms with E-state index in [9.17, 15) is 13.2 Å². The lowest BCUT2D eigenvalue weighted by Crippen LogP contribution is -2.42. The molecule has 0 amide bonds. The fourth-order valence-electron chi connectivity index (χ4n) is 2.13. The van der Waals surface area contributed by atoms with Crippen LogP contribution in [-0.2, 0) is 6.18 Å². The third-order valence-corrected chi connectivity index (χ3v) is 3.38. The first-order valence-corrected chi connectivity index (χ1v) is 6.45. The third-order valence-electron chi connectivity index (χ3n) is 3.38. The van der Waals surface area contributed by atoms with Crippen LogP contribution in [0.15, 0.2) is 18.3 Å². The molecule has 106 valence electrons. The molecule has 0 radical (unpaired) electrons. The smallest absolute Gasteiger partial charge is 0.369 e. The number of nitrogens with one attached hydrogen (secondary N) is 2. The molecule has 0 aromatic carbocycles. The molecule has 0 spiro atoms. The van der Waals surface area contributed by atoms with Gasteiger partial charge in [-0.2, -0.15) is 13.2 Å². The molecule has 2 heterocycles. The molecule has 3 nitrogen and oxygen atoms in total. The van der Waals surface area contributed by atoms with E-state index in [2.05, 4.69) is 22.5 Å². The molecule has 1 saturated heterocycles. The summed E-state index contributed by atoms with van der Waals surface area (Å²) in [5, 5.41) is 6.47. The van der Waals surface area contributed by atoms with Gasteiger partial charge in [-0.05, 0) is 37.4 Å². The molecule has 1 aliphatic heterocycles. The van der Waals surface area contributed by atoms with E-state index >= 15 is 0 Å². The Labute approximate surface area is 110 Å². The first-order valence-electron chi connectivity index (χ1n) is 6.45. The molecule has 1 aromatic heterocycles. The van der Waals surface area contributed by atoms with Crippen molar-refractivity contribution in [2.24, 2.45) is 5.92 Å². The van der Waals surface area contributed by atoms with Gasteiger partial charge in [0.05, 0.1) is 5.56 Å². The van der Waals surface area contributed by atoms with Crippen molar-refractivity contribution >= 4 is 5.82 Å². The highest BCUT2D eigenvalue weighted by atomic mass is 19.4. The molecule has 1 aliphatic rings. The molecule has 2 N–H and O–H groups in total. The number of hydrogen-bond donors (Lipinski definition) is 2. The van der Waals surface area contributed by atoms with Gasteiger partial charge in [0.15, 0.2) is 0 Å². The van der Waals surface area contributed by atoms with E-state index in [1.54, 1.807) is 0 Å². The third kappa shape index (κ3) is 4.09. The van der Waals surface area contributed by atoms with Crippen LogP contribution in [0.4, 0.5) is 19.0 Å². The normalized spacial score (nSPS) is 24.2. The van der Waals surface area contributed by atoms with Gasteiger partial charge in [0, 0.05) is 18.8 Å². The number of rotatable bonds is 3. The number of piperidine rings is 1. The van der Waals surface area contributed by atoms with Gasteiger partial charge in [0.2, 0.25) is 0 Å². The van der Waals surface area contributed by atoms with Crippen molar-refractivity contribution in [3.8, 4) is 0 Å². The number of aromatic nitrogens is 1. The zero-order valence-electron chi connectivity index (χ0n) is 10.8. The van der Waals surface area contributed by atoms with Crippen LogP contribution in [0.25, 0.3) is 0 Å². The summed E-state index contributed by atoms with van der Waals surface area (Å²) < 4.78 is 37.1. The Morgan fingerprint density at radius 2 is 2.16 bits per heavy atom. The number of nitrogens with zero attached hydrogens (tertiary/aromatic N) is 1. The van der Waals surface area contributed by atoms with Gasteiger partial charge in [0.1, 0.15) is 5.82 Å². The fraction of sp³-hybridized carbons (Fsp3) is 0.615. The highest BCUT2D eigenvalue weighted by molar-refractivity contribution is 5.36. The summed E-state index contributed by atoms with van der Waals surface area (Å²) in [6, 6.07) is 2.78. The van der Waals surface area contributed by atoms with Crippen LogP contribution >= 0.6 is 0 Å². The standard InChI is InChI=1S/C13H18F3N3/c1-9-2-4-11(17-6-9)8-19-12-5-3-10(7-18-12)13(14,15)16/h3,5,7,9,11,17H,2,4,6,8H2,1H3,(H,18,19). The number of pyridine rings is 1. The molecule has 6 heteroatoms. The molecule has 0 saturated carbocycles. The van der Waals surface area contributed by atoms with Crippen molar-refractivity contribution < 1.29 is 13.2 Å². The van der Waals surface area contributed by atoms with Crippen LogP contribution in [0.3, 0.4) is 0 Å². The van der Waals surface area contributed by atoms with E-state index < -0.39 is 11.7 Å². The minimum absolute atomic E-state index is 0.361. The van der Waals surface area contributed by atoms with Gasteiger partial charge in [-0.25, -0.2) is 4.98 Å². The monoisotopic (exact) mass is 273 g/mol. The van der Waals surface area contributed by atoms with Gasteiger partial charge < -0.3 is 10.6 Å². The van der Waals surface area contributed by atoms with Crippen LogP contribution in [0, 0.1) is 5.92 Å². The number of halogens is 3. The maximum absolute atomic E-state index is 12.4. The summed E-state index contributed by atoms with van der Waals surface area (Å²) in [5.74, 6) is 1.17. The van der Waals surface area contributed by atoms with E-state index in [-0.39, 0.29) is 0 Å². The van der Waals surface area contributed by atoms with E-state index in [0.717, 1.165) is 25.2 Å². The van der Waals surface area contributed by atoms with Gasteiger partial charge in [0.25, 0.3) is 0 Å². The minimum Gasteiger partial charge on any atom is -0.369 e. The lowest BCUT2D eigenvalue weighted by molar-refractivity contribution is -0.137. The SMILES string of the molecule is CC1CCC(CNc2ccc(C(F)(F)F)cn2)NC1. The quantitative estimate of drug-likeness (QED) is 0.889. The van der Waals surface area contributed by atoms with E-state index in [4.69, 9.17) is 0 Å². The summed E-state index contributed by atoms with van der Waals surface area (Å²) >= 11 is 0. The summed E-state index contributed by atoms with van der Waals surface area (Å²) in [6.07, 6.45) is -1.21. The van der Waals surface area contributed by atoms with Crippen molar-refractivity contribution in [1.82, 2.24) is 10.3 Å². The number of alkyl halides is 3. The minimum atomic E-state index is -4.33. The predicted molar refractivity (Wildman–Crippen MR) is 67.9 cm³/mol. The van der Waals surface area contributed by atoms with Gasteiger partial charge >= 0.3 is 6.18 Å². The Hall–Kier alpha value is -1.30. The van der Waals surface area contributed by atoms with Crippen LogP contribution in [-0.4, -0.2) is 24.1 Å². The molecule has 0 aliphatic carbocycles. The second-order valence-electron chi connectivity index (χ2n) is 5.10. The Bertz CT molecular complexity index is 395. The van der Waals surface area contributed by atoms with Crippen molar-refractivity contribution in [3.63, 3.8) is 0 Å². The summed E-state index contributed by atoms with van der Waals surface area (Å²) in [4.78, 5) is 3.79. The molecule has 2 rings (SSSR count). The molecule has 2 atom stereocenters. The van der Waals surface area contributed by atoms with Crippen molar-refractivity contribution in [2.75, 3.05) is 18.4 Å². The average Bonchev–Trinajstić information content (AvgIpc) is 2.37. The molecule has 2 unspecified atom stereocenters. The van der Waals surface area contributed by atoms with Crippen LogP contribution in [0.5, 0.6) is 0 Å². The largest absolute Gasteiger partial charge is 0.417 e. The van der Waals surface area contributed by atoms with Gasteiger partial charge in [-0.1, -0.05) is 6.92 Å². The molecule has 1 fully saturated rings. The Kier molecular flexibility index (Phi) is 4.29. The summed E-state index contributed by atoms with van der Waals surface area (Å²) in [7, 11) is 0. The van der Waals surface area contributed by atoms with E-state index in [1.807, 2.05) is 0 Å². The van der Waals surface area contributed by atoms with Crippen LogP contribution in [0.1, 0.15) is 25.3 Å². The summed E-state index contributed by atoms with van der Waals surface area (Å²) in [5.41, 5.74) is -0.720. The van der Waals surface area contributed by atoms with Crippen LogP contribution in [0.2, 0.25) is 0 Å². The van der Waals surface area contributed by atoms with Gasteiger partial charge in [-0.15, -0.1) is 0 Å². The molecular weight excluding hydrogens is 255 g/mol. The Morgan fingerprint density at radius 3 is 2.68 bits per heavy atom. The lowest BCUT2D eigenvalue weighted by Gasteiger charge is -2.28. The Balaban J connectivity index is 1.83. The molecule has 1 aromatic rings. The Morgan fingerprint density at radius 1 is 1.37 bits per heavy atom. The molecular formula is C13H18F3N3. The van der Waals surface area contributed by atoms with E-state index in [1.165, 1.54) is 12.5 Å². The highest BCUT2D eigenvalue weighted by Gasteiger charge is 2.30. The second-order valence-corrected chi connectivity index (χ2v) is 5.10. The van der Waals surface area contributed by atoms with Crippen molar-refractivity contribution in [3.05, 3.63) is 23.9 Å². The maximum Gasteiger partial charge on any atom is 0.417 e. The molecule has 0 bridgehead atoms. The van der Waals surface area contributed by atoms with Crippen molar-refractivity contribution in [1.29, 1.82) is 0 Å². The topological polar surface area (TPSA) is 37.0 Å². The maximum atomic E-state index is 12.4. The first-order chi connectivity index (χ1) is 8.95. The highest BCUT2D eigenvalue weighted by Crippen LogP contribution is 2.28. The zero-order valence-corrected chi connectivity index (χ0v) is 10.8. The zero-order chi connectivity index (χ0) is 13.9. The second kappa shape index (κ2) is 5.77. The fourth-order valence-corrected chi connectivity index (χ4v) is 2.13. The van der Waals surface area contributed by atoms with Gasteiger partial charge in [-0.3, -0.25) is 0 Å². The lowest BCUT2D eigenvalue weighted by atomic mass is 9.96.